The maximum atomic E-state index is 11.7. The van der Waals surface area contributed by atoms with Gasteiger partial charge in [0, 0.05) is 0 Å². The van der Waals surface area contributed by atoms with Gasteiger partial charge in [-0.15, -0.1) is 0 Å². The van der Waals surface area contributed by atoms with E-state index in [1.807, 2.05) is 0 Å². The van der Waals surface area contributed by atoms with Gasteiger partial charge in [-0.25, -0.2) is 0 Å². The molecule has 2 aromatic heterocycles. The fourth-order valence-corrected chi connectivity index (χ4v) is 1.28. The first-order valence-corrected chi connectivity index (χ1v) is 4.75. The zero-order valence-corrected chi connectivity index (χ0v) is 9.00. The molecule has 0 aliphatic heterocycles. The Morgan fingerprint density at radius 2 is 2.31 bits per heavy atom. The summed E-state index contributed by atoms with van der Waals surface area (Å²) in [5, 5.41) is 9.16. The highest BCUT2D eigenvalue weighted by molar-refractivity contribution is 6.05. The van der Waals surface area contributed by atoms with Gasteiger partial charge in [0.2, 0.25) is 0 Å². The quantitative estimate of drug-likeness (QED) is 0.713. The van der Waals surface area contributed by atoms with Crippen LogP contribution in [0.4, 0.5) is 11.5 Å². The lowest BCUT2D eigenvalue weighted by atomic mass is 10.3. The SMILES string of the molecule is Cc1cc(C(=O)Nc2n[nH]c(C)c2N)co1. The molecule has 84 valence electrons. The molecule has 6 nitrogen and oxygen atoms in total. The van der Waals surface area contributed by atoms with E-state index < -0.39 is 0 Å². The Morgan fingerprint density at radius 1 is 1.56 bits per heavy atom. The lowest BCUT2D eigenvalue weighted by molar-refractivity contribution is 0.102. The van der Waals surface area contributed by atoms with Gasteiger partial charge < -0.3 is 15.5 Å². The number of aryl methyl sites for hydroxylation is 2. The number of hydrogen-bond donors (Lipinski definition) is 3. The number of nitrogens with two attached hydrogens (primary N) is 1. The summed E-state index contributed by atoms with van der Waals surface area (Å²) in [6, 6.07) is 1.64. The number of H-pyrrole nitrogens is 1. The number of aromatic amines is 1. The summed E-state index contributed by atoms with van der Waals surface area (Å²) in [7, 11) is 0. The van der Waals surface area contributed by atoms with Gasteiger partial charge in [-0.05, 0) is 19.9 Å². The summed E-state index contributed by atoms with van der Waals surface area (Å²) in [5.41, 5.74) is 7.30. The largest absolute Gasteiger partial charge is 0.469 e. The molecule has 6 heteroatoms. The van der Waals surface area contributed by atoms with Gasteiger partial charge in [0.15, 0.2) is 5.82 Å². The maximum absolute atomic E-state index is 11.7. The molecule has 0 aromatic carbocycles. The molecule has 0 aliphatic rings. The minimum Gasteiger partial charge on any atom is -0.469 e. The summed E-state index contributed by atoms with van der Waals surface area (Å²) in [4.78, 5) is 11.7. The molecule has 0 radical (unpaired) electrons. The molecular formula is C10H12N4O2. The highest BCUT2D eigenvalue weighted by Gasteiger charge is 2.13. The van der Waals surface area contributed by atoms with E-state index in [0.29, 0.717) is 22.8 Å². The van der Waals surface area contributed by atoms with Gasteiger partial charge in [-0.1, -0.05) is 0 Å². The van der Waals surface area contributed by atoms with Gasteiger partial charge in [0.05, 0.1) is 16.9 Å². The Bertz CT molecular complexity index is 527. The zero-order valence-electron chi connectivity index (χ0n) is 9.00. The molecule has 4 N–H and O–H groups in total. The number of amides is 1. The van der Waals surface area contributed by atoms with Crippen LogP contribution in [0.15, 0.2) is 16.7 Å². The lowest BCUT2D eigenvalue weighted by Crippen LogP contribution is -2.12. The van der Waals surface area contributed by atoms with Crippen molar-refractivity contribution in [2.75, 3.05) is 11.1 Å². The van der Waals surface area contributed by atoms with Crippen LogP contribution in [0.25, 0.3) is 0 Å². The molecule has 2 heterocycles. The minimum atomic E-state index is -0.296. The van der Waals surface area contributed by atoms with Crippen molar-refractivity contribution in [2.45, 2.75) is 13.8 Å². The van der Waals surface area contributed by atoms with Crippen LogP contribution < -0.4 is 11.1 Å². The Hall–Kier alpha value is -2.24. The number of anilines is 2. The molecule has 0 spiro atoms. The van der Waals surface area contributed by atoms with Crippen molar-refractivity contribution >= 4 is 17.4 Å². The van der Waals surface area contributed by atoms with Crippen LogP contribution in [-0.2, 0) is 0 Å². The number of carbonyl (C=O) groups is 1. The molecule has 0 fully saturated rings. The van der Waals surface area contributed by atoms with Crippen LogP contribution in [0.2, 0.25) is 0 Å². The van der Waals surface area contributed by atoms with E-state index in [9.17, 15) is 4.79 Å². The minimum absolute atomic E-state index is 0.296. The van der Waals surface area contributed by atoms with Gasteiger partial charge in [-0.2, -0.15) is 5.10 Å². The Kier molecular flexibility index (Phi) is 2.40. The van der Waals surface area contributed by atoms with E-state index in [0.717, 1.165) is 5.69 Å². The van der Waals surface area contributed by atoms with Gasteiger partial charge in [0.25, 0.3) is 5.91 Å². The molecule has 2 aromatic rings. The summed E-state index contributed by atoms with van der Waals surface area (Å²) >= 11 is 0. The topological polar surface area (TPSA) is 96.9 Å². The van der Waals surface area contributed by atoms with E-state index in [1.54, 1.807) is 19.9 Å². The molecule has 0 saturated heterocycles. The smallest absolute Gasteiger partial charge is 0.260 e. The molecule has 0 bridgehead atoms. The molecule has 1 amide bonds. The van der Waals surface area contributed by atoms with Gasteiger partial charge in [-0.3, -0.25) is 9.89 Å². The van der Waals surface area contributed by atoms with E-state index in [1.165, 1.54) is 6.26 Å². The van der Waals surface area contributed by atoms with Crippen molar-refractivity contribution in [1.82, 2.24) is 10.2 Å². The molecular weight excluding hydrogens is 208 g/mol. The Morgan fingerprint density at radius 3 is 2.81 bits per heavy atom. The predicted octanol–water partition coefficient (Wildman–Crippen LogP) is 1.45. The van der Waals surface area contributed by atoms with E-state index in [2.05, 4.69) is 15.5 Å². The normalized spacial score (nSPS) is 10.4. The molecule has 0 saturated carbocycles. The second-order valence-electron chi connectivity index (χ2n) is 3.51. The average Bonchev–Trinajstić information content (AvgIpc) is 2.79. The van der Waals surface area contributed by atoms with E-state index in [-0.39, 0.29) is 5.91 Å². The zero-order chi connectivity index (χ0) is 11.7. The fraction of sp³-hybridized carbons (Fsp3) is 0.200. The van der Waals surface area contributed by atoms with Crippen LogP contribution in [0, 0.1) is 13.8 Å². The van der Waals surface area contributed by atoms with E-state index in [4.69, 9.17) is 10.2 Å². The predicted molar refractivity (Wildman–Crippen MR) is 59.1 cm³/mol. The first-order chi connectivity index (χ1) is 7.58. The second kappa shape index (κ2) is 3.73. The molecule has 2 rings (SSSR count). The number of nitrogens with one attached hydrogen (secondary N) is 2. The van der Waals surface area contributed by atoms with Crippen LogP contribution in [-0.4, -0.2) is 16.1 Å². The van der Waals surface area contributed by atoms with Crippen molar-refractivity contribution in [1.29, 1.82) is 0 Å². The van der Waals surface area contributed by atoms with Crippen molar-refractivity contribution in [3.05, 3.63) is 29.3 Å². The number of nitrogens with zero attached hydrogens (tertiary/aromatic N) is 1. The summed E-state index contributed by atoms with van der Waals surface area (Å²) in [6.07, 6.45) is 1.39. The number of furan rings is 1. The maximum Gasteiger partial charge on any atom is 0.260 e. The van der Waals surface area contributed by atoms with Crippen molar-refractivity contribution in [3.63, 3.8) is 0 Å². The Balaban J connectivity index is 2.17. The lowest BCUT2D eigenvalue weighted by Gasteiger charge is -1.99. The standard InChI is InChI=1S/C10H12N4O2/c1-5-3-7(4-16-5)10(15)12-9-8(11)6(2)13-14-9/h3-4H,11H2,1-2H3,(H2,12,13,14,15). The van der Waals surface area contributed by atoms with Gasteiger partial charge >= 0.3 is 0 Å². The number of aromatic nitrogens is 2. The fourth-order valence-electron chi connectivity index (χ4n) is 1.28. The van der Waals surface area contributed by atoms with Crippen molar-refractivity contribution in [2.24, 2.45) is 0 Å². The third-order valence-electron chi connectivity index (χ3n) is 2.22. The second-order valence-corrected chi connectivity index (χ2v) is 3.51. The van der Waals surface area contributed by atoms with Gasteiger partial charge in [0.1, 0.15) is 12.0 Å². The molecule has 0 aliphatic carbocycles. The first kappa shape index (κ1) is 10.3. The van der Waals surface area contributed by atoms with E-state index >= 15 is 0 Å². The highest BCUT2D eigenvalue weighted by atomic mass is 16.3. The average molecular weight is 220 g/mol. The van der Waals surface area contributed by atoms with Crippen molar-refractivity contribution < 1.29 is 9.21 Å². The highest BCUT2D eigenvalue weighted by Crippen LogP contribution is 2.19. The van der Waals surface area contributed by atoms with Crippen LogP contribution >= 0.6 is 0 Å². The molecule has 16 heavy (non-hydrogen) atoms. The number of carbonyl (C=O) groups excluding carboxylic acids is 1. The number of hydrogen-bond acceptors (Lipinski definition) is 4. The summed E-state index contributed by atoms with van der Waals surface area (Å²) in [6.45, 7) is 3.55. The van der Waals surface area contributed by atoms with Crippen LogP contribution in [0.3, 0.4) is 0 Å². The Labute approximate surface area is 91.8 Å². The monoisotopic (exact) mass is 220 g/mol. The van der Waals surface area contributed by atoms with Crippen molar-refractivity contribution in [3.8, 4) is 0 Å². The molecule has 0 atom stereocenters. The van der Waals surface area contributed by atoms with Crippen LogP contribution in [0.1, 0.15) is 21.8 Å². The third-order valence-corrected chi connectivity index (χ3v) is 2.22. The third kappa shape index (κ3) is 1.77. The summed E-state index contributed by atoms with van der Waals surface area (Å²) < 4.78 is 5.04. The summed E-state index contributed by atoms with van der Waals surface area (Å²) in [5.74, 6) is 0.715. The number of nitrogen functional groups attached to an aromatic ring is 1. The van der Waals surface area contributed by atoms with Crippen LogP contribution in [0.5, 0.6) is 0 Å². The number of rotatable bonds is 2. The first-order valence-electron chi connectivity index (χ1n) is 4.75. The molecule has 0 unspecified atom stereocenters.